The average Bonchev–Trinajstić information content (AvgIpc) is 3.27. The van der Waals surface area contributed by atoms with Gasteiger partial charge in [0.1, 0.15) is 0 Å². The van der Waals surface area contributed by atoms with Crippen LogP contribution in [0.3, 0.4) is 0 Å². The number of fused-ring (bicyclic) bond motifs is 6. The number of hydrogen-bond acceptors (Lipinski definition) is 4. The second-order valence-electron chi connectivity index (χ2n) is 7.89. The fraction of sp³-hybridized carbons (Fsp3) is 0.875. The first kappa shape index (κ1) is 15.4. The fourth-order valence-corrected chi connectivity index (χ4v) is 5.76. The van der Waals surface area contributed by atoms with Crippen LogP contribution in [0.25, 0.3) is 0 Å². The summed E-state index contributed by atoms with van der Waals surface area (Å²) in [5, 5.41) is 14.4. The third kappa shape index (κ3) is 1.74. The summed E-state index contributed by atoms with van der Waals surface area (Å²) in [5.74, 6) is 0.873. The van der Waals surface area contributed by atoms with Crippen LogP contribution in [0.2, 0.25) is 0 Å². The van der Waals surface area contributed by atoms with Crippen molar-refractivity contribution in [2.24, 2.45) is 28.6 Å². The second kappa shape index (κ2) is 4.71. The van der Waals surface area contributed by atoms with E-state index in [9.17, 15) is 14.7 Å². The van der Waals surface area contributed by atoms with Gasteiger partial charge in [0, 0.05) is 23.8 Å². The molecule has 114 valence electrons. The molecule has 0 aromatic heterocycles. The van der Waals surface area contributed by atoms with Crippen molar-refractivity contribution < 1.29 is 49.0 Å². The van der Waals surface area contributed by atoms with E-state index in [4.69, 9.17) is 4.74 Å². The molecule has 3 aliphatic carbocycles. The van der Waals surface area contributed by atoms with Gasteiger partial charge in [-0.25, -0.2) is 0 Å². The van der Waals surface area contributed by atoms with Gasteiger partial charge in [-0.15, -0.1) is 0 Å². The van der Waals surface area contributed by atoms with Crippen LogP contribution in [0.15, 0.2) is 0 Å². The second-order valence-corrected chi connectivity index (χ2v) is 7.89. The van der Waals surface area contributed by atoms with E-state index in [2.05, 4.69) is 5.32 Å². The molecule has 3 saturated carbocycles. The maximum atomic E-state index is 12.5. The molecule has 5 nitrogen and oxygen atoms in total. The zero-order valence-electron chi connectivity index (χ0n) is 13.0. The van der Waals surface area contributed by atoms with E-state index in [-0.39, 0.29) is 35.5 Å². The fourth-order valence-electron chi connectivity index (χ4n) is 5.76. The molecule has 22 heavy (non-hydrogen) atoms. The average molecular weight is 313 g/mol. The summed E-state index contributed by atoms with van der Waals surface area (Å²) in [6.45, 7) is 0.647. The molecule has 0 radical (unpaired) electrons. The molecule has 0 unspecified atom stereocenters. The van der Waals surface area contributed by atoms with E-state index >= 15 is 0 Å². The van der Waals surface area contributed by atoms with Gasteiger partial charge < -0.3 is 20.0 Å². The largest absolute Gasteiger partial charge is 1.00 e. The molecule has 1 N–H and O–H groups in total. The molecule has 5 rings (SSSR count). The Balaban J connectivity index is 0.00000125. The standard InChI is InChI=1S/C16H21NO4.Na/c18-13(15-2-1-3-16(15,7-15)14(19)20)17-6-8-4-11-9-5-10(9)12(8)21-11;/h8-12H,1-7H2,(H,17,18)(H,19,20);/q;+1/p-1/t8-,9+,10-,11-,12+,15-,16+;/m0./s1. The van der Waals surface area contributed by atoms with Crippen LogP contribution in [-0.4, -0.2) is 30.6 Å². The van der Waals surface area contributed by atoms with Crippen LogP contribution < -0.4 is 40.0 Å². The molecule has 0 aromatic rings. The van der Waals surface area contributed by atoms with Gasteiger partial charge >= 0.3 is 29.6 Å². The third-order valence-corrected chi connectivity index (χ3v) is 7.07. The van der Waals surface area contributed by atoms with E-state index in [1.54, 1.807) is 0 Å². The van der Waals surface area contributed by atoms with Crippen LogP contribution in [0.1, 0.15) is 38.5 Å². The van der Waals surface area contributed by atoms with Gasteiger partial charge in [-0.2, -0.15) is 0 Å². The minimum atomic E-state index is -1.03. The normalized spacial score (nSPS) is 52.5. The maximum absolute atomic E-state index is 12.5. The number of aliphatic carboxylic acids is 1. The summed E-state index contributed by atoms with van der Waals surface area (Å²) < 4.78 is 5.94. The minimum Gasteiger partial charge on any atom is -0.550 e. The Morgan fingerprint density at radius 3 is 2.59 bits per heavy atom. The molecule has 2 aliphatic heterocycles. The van der Waals surface area contributed by atoms with Crippen LogP contribution in [-0.2, 0) is 14.3 Å². The maximum Gasteiger partial charge on any atom is 1.00 e. The van der Waals surface area contributed by atoms with Crippen molar-refractivity contribution in [2.45, 2.75) is 50.7 Å². The molecule has 2 bridgehead atoms. The molecular weight excluding hydrogens is 293 g/mol. The summed E-state index contributed by atoms with van der Waals surface area (Å²) >= 11 is 0. The SMILES string of the molecule is O=C([O-])[C@]12CCC[C@@]1(C(=O)NC[C@@H]1C[C@@H]3O[C@H]1[C@H]1C[C@H]13)C2.[Na+]. The van der Waals surface area contributed by atoms with Crippen molar-refractivity contribution in [3.63, 3.8) is 0 Å². The minimum absolute atomic E-state index is 0. The number of carbonyl (C=O) groups is 2. The zero-order chi connectivity index (χ0) is 14.4. The molecule has 0 aromatic carbocycles. The Kier molecular flexibility index (Phi) is 3.31. The molecule has 2 saturated heterocycles. The van der Waals surface area contributed by atoms with Gasteiger partial charge in [0.05, 0.1) is 17.6 Å². The Bertz CT molecular complexity index is 554. The number of rotatable bonds is 4. The molecule has 5 aliphatic rings. The Hall–Kier alpha value is -0.100. The number of nitrogens with one attached hydrogen (secondary N) is 1. The zero-order valence-corrected chi connectivity index (χ0v) is 15.0. The Labute approximate surface area is 151 Å². The van der Waals surface area contributed by atoms with Crippen molar-refractivity contribution in [1.82, 2.24) is 5.32 Å². The first-order chi connectivity index (χ1) is 10.1. The van der Waals surface area contributed by atoms with Crippen LogP contribution in [0, 0.1) is 28.6 Å². The van der Waals surface area contributed by atoms with E-state index in [0.29, 0.717) is 43.9 Å². The van der Waals surface area contributed by atoms with Crippen molar-refractivity contribution >= 4 is 11.9 Å². The summed E-state index contributed by atoms with van der Waals surface area (Å²) in [6, 6.07) is 0. The summed E-state index contributed by atoms with van der Waals surface area (Å²) in [4.78, 5) is 23.9. The third-order valence-electron chi connectivity index (χ3n) is 7.07. The van der Waals surface area contributed by atoms with Gasteiger partial charge in [0.15, 0.2) is 0 Å². The van der Waals surface area contributed by atoms with Crippen molar-refractivity contribution in [1.29, 1.82) is 0 Å². The van der Waals surface area contributed by atoms with Crippen LogP contribution in [0.4, 0.5) is 0 Å². The van der Waals surface area contributed by atoms with E-state index in [0.717, 1.165) is 24.7 Å². The van der Waals surface area contributed by atoms with Crippen molar-refractivity contribution in [3.05, 3.63) is 0 Å². The number of hydrogen-bond donors (Lipinski definition) is 1. The van der Waals surface area contributed by atoms with Gasteiger partial charge in [-0.3, -0.25) is 4.79 Å². The number of carbonyl (C=O) groups excluding carboxylic acids is 2. The van der Waals surface area contributed by atoms with Gasteiger partial charge in [0.25, 0.3) is 0 Å². The quantitative estimate of drug-likeness (QED) is 0.556. The molecule has 5 fully saturated rings. The first-order valence-corrected chi connectivity index (χ1v) is 8.23. The predicted molar refractivity (Wildman–Crippen MR) is 69.7 cm³/mol. The number of carboxylic acids is 1. The summed E-state index contributed by atoms with van der Waals surface area (Å²) in [6.07, 6.45) is 5.73. The van der Waals surface area contributed by atoms with Crippen LogP contribution >= 0.6 is 0 Å². The number of carboxylic acid groups (broad SMARTS) is 1. The molecular formula is C16H20NNaO4. The summed E-state index contributed by atoms with van der Waals surface area (Å²) in [5.41, 5.74) is -1.52. The van der Waals surface area contributed by atoms with E-state index in [1.165, 1.54) is 6.42 Å². The van der Waals surface area contributed by atoms with Crippen LogP contribution in [0.5, 0.6) is 0 Å². The molecule has 7 atom stereocenters. The van der Waals surface area contributed by atoms with E-state index in [1.807, 2.05) is 0 Å². The number of ether oxygens (including phenoxy) is 1. The Morgan fingerprint density at radius 1 is 1.18 bits per heavy atom. The van der Waals surface area contributed by atoms with E-state index < -0.39 is 16.8 Å². The molecule has 0 spiro atoms. The topological polar surface area (TPSA) is 78.5 Å². The molecule has 2 heterocycles. The van der Waals surface area contributed by atoms with Gasteiger partial charge in [-0.1, -0.05) is 6.42 Å². The smallest absolute Gasteiger partial charge is 0.550 e. The monoisotopic (exact) mass is 313 g/mol. The predicted octanol–water partition coefficient (Wildman–Crippen LogP) is -3.16. The molecule has 6 heteroatoms. The first-order valence-electron chi connectivity index (χ1n) is 8.23. The number of amides is 1. The van der Waals surface area contributed by atoms with Crippen molar-refractivity contribution in [3.8, 4) is 0 Å². The summed E-state index contributed by atoms with van der Waals surface area (Å²) in [7, 11) is 0. The van der Waals surface area contributed by atoms with Crippen molar-refractivity contribution in [2.75, 3.05) is 6.54 Å². The van der Waals surface area contributed by atoms with Gasteiger partial charge in [-0.05, 0) is 43.9 Å². The van der Waals surface area contributed by atoms with Gasteiger partial charge in [0.2, 0.25) is 5.91 Å². The Morgan fingerprint density at radius 2 is 1.95 bits per heavy atom. The molecule has 1 amide bonds.